The minimum Gasteiger partial charge on any atom is -0.289 e. The minimum absolute atomic E-state index is 0.151. The van der Waals surface area contributed by atoms with E-state index >= 15 is 0 Å². The number of allylic oxidation sites excluding steroid dienone is 2. The first kappa shape index (κ1) is 13.0. The van der Waals surface area contributed by atoms with Gasteiger partial charge in [-0.05, 0) is 24.6 Å². The van der Waals surface area contributed by atoms with Crippen LogP contribution in [0.2, 0.25) is 0 Å². The highest BCUT2D eigenvalue weighted by molar-refractivity contribution is 6.12. The predicted molar refractivity (Wildman–Crippen MR) is 75.4 cm³/mol. The van der Waals surface area contributed by atoms with Crippen LogP contribution in [0.5, 0.6) is 0 Å². The van der Waals surface area contributed by atoms with Crippen molar-refractivity contribution in [3.63, 3.8) is 0 Å². The molecule has 0 aliphatic carbocycles. The Morgan fingerprint density at radius 2 is 1.37 bits per heavy atom. The fourth-order valence-electron chi connectivity index (χ4n) is 1.79. The van der Waals surface area contributed by atoms with E-state index in [0.29, 0.717) is 11.1 Å². The van der Waals surface area contributed by atoms with Gasteiger partial charge in [0.25, 0.3) is 0 Å². The third-order valence-corrected chi connectivity index (χ3v) is 2.85. The maximum absolute atomic E-state index is 12.0. The first-order chi connectivity index (χ1) is 9.18. The molecule has 2 rings (SSSR count). The summed E-state index contributed by atoms with van der Waals surface area (Å²) in [7, 11) is 0. The van der Waals surface area contributed by atoms with E-state index in [4.69, 9.17) is 0 Å². The normalized spacial score (nSPS) is 10.6. The molecule has 0 fully saturated rings. The van der Waals surface area contributed by atoms with Gasteiger partial charge in [0.2, 0.25) is 0 Å². The molecule has 0 spiro atoms. The van der Waals surface area contributed by atoms with E-state index in [9.17, 15) is 9.59 Å². The molecule has 0 unspecified atom stereocenters. The number of carbonyl (C=O) groups excluding carboxylic acids is 2. The maximum Gasteiger partial charge on any atom is 0.186 e. The molecule has 2 heteroatoms. The Bertz CT molecular complexity index is 625. The maximum atomic E-state index is 12.0. The first-order valence-electron chi connectivity index (χ1n) is 6.06. The molecule has 19 heavy (non-hydrogen) atoms. The van der Waals surface area contributed by atoms with Crippen LogP contribution in [0.3, 0.4) is 0 Å². The van der Waals surface area contributed by atoms with Crippen LogP contribution in [0, 0.1) is 6.92 Å². The van der Waals surface area contributed by atoms with Crippen molar-refractivity contribution in [3.8, 4) is 0 Å². The Balaban J connectivity index is 2.14. The van der Waals surface area contributed by atoms with E-state index in [2.05, 4.69) is 0 Å². The second-order valence-corrected chi connectivity index (χ2v) is 4.24. The van der Waals surface area contributed by atoms with Crippen molar-refractivity contribution in [2.45, 2.75) is 6.92 Å². The predicted octanol–water partition coefficient (Wildman–Crippen LogP) is 3.62. The number of carbonyl (C=O) groups is 2. The van der Waals surface area contributed by atoms with Gasteiger partial charge in [0.1, 0.15) is 0 Å². The molecule has 0 atom stereocenters. The highest BCUT2D eigenvalue weighted by Crippen LogP contribution is 2.09. The molecule has 94 valence electrons. The van der Waals surface area contributed by atoms with Crippen molar-refractivity contribution >= 4 is 11.6 Å². The van der Waals surface area contributed by atoms with Crippen LogP contribution in [0.15, 0.2) is 66.7 Å². The van der Waals surface area contributed by atoms with Crippen molar-refractivity contribution in [3.05, 3.63) is 83.4 Å². The van der Waals surface area contributed by atoms with Crippen LogP contribution in [-0.2, 0) is 0 Å². The summed E-state index contributed by atoms with van der Waals surface area (Å²) in [4.78, 5) is 23.8. The number of rotatable bonds is 4. The highest BCUT2D eigenvalue weighted by Gasteiger charge is 2.06. The van der Waals surface area contributed by atoms with Gasteiger partial charge in [-0.25, -0.2) is 0 Å². The lowest BCUT2D eigenvalue weighted by Gasteiger charge is -2.00. The average Bonchev–Trinajstić information content (AvgIpc) is 2.46. The van der Waals surface area contributed by atoms with Gasteiger partial charge in [-0.1, -0.05) is 54.6 Å². The fraction of sp³-hybridized carbons (Fsp3) is 0.0588. The van der Waals surface area contributed by atoms with Crippen LogP contribution in [0.25, 0.3) is 0 Å². The molecule has 2 aromatic carbocycles. The minimum atomic E-state index is -0.164. The van der Waals surface area contributed by atoms with E-state index in [-0.39, 0.29) is 11.6 Å². The van der Waals surface area contributed by atoms with Gasteiger partial charge in [-0.2, -0.15) is 0 Å². The monoisotopic (exact) mass is 250 g/mol. The molecule has 0 radical (unpaired) electrons. The Hall–Kier alpha value is -2.48. The molecule has 0 heterocycles. The van der Waals surface area contributed by atoms with E-state index in [0.717, 1.165) is 5.56 Å². The third-order valence-electron chi connectivity index (χ3n) is 2.85. The lowest BCUT2D eigenvalue weighted by atomic mass is 10.0. The number of hydrogen-bond acceptors (Lipinski definition) is 2. The number of benzene rings is 2. The molecule has 2 aromatic rings. The Kier molecular flexibility index (Phi) is 4.04. The van der Waals surface area contributed by atoms with Gasteiger partial charge in [0.05, 0.1) is 0 Å². The summed E-state index contributed by atoms with van der Waals surface area (Å²) in [5.41, 5.74) is 2.11. The van der Waals surface area contributed by atoms with E-state index in [1.807, 2.05) is 31.2 Å². The van der Waals surface area contributed by atoms with Gasteiger partial charge in [-0.15, -0.1) is 0 Å². The molecule has 0 N–H and O–H groups in total. The second kappa shape index (κ2) is 5.91. The third kappa shape index (κ3) is 3.26. The zero-order valence-electron chi connectivity index (χ0n) is 10.7. The van der Waals surface area contributed by atoms with Gasteiger partial charge in [0.15, 0.2) is 11.6 Å². The number of ketones is 2. The summed E-state index contributed by atoms with van der Waals surface area (Å²) < 4.78 is 0. The van der Waals surface area contributed by atoms with E-state index in [1.165, 1.54) is 12.2 Å². The smallest absolute Gasteiger partial charge is 0.186 e. The van der Waals surface area contributed by atoms with Gasteiger partial charge in [0, 0.05) is 11.1 Å². The van der Waals surface area contributed by atoms with Gasteiger partial charge in [-0.3, -0.25) is 9.59 Å². The lowest BCUT2D eigenvalue weighted by molar-refractivity contribution is 0.102. The first-order valence-corrected chi connectivity index (χ1v) is 6.06. The van der Waals surface area contributed by atoms with Crippen molar-refractivity contribution in [1.82, 2.24) is 0 Å². The standard InChI is InChI=1S/C17H14O2/c1-13-7-5-6-10-15(13)17(19)12-11-16(18)14-8-3-2-4-9-14/h2-12H,1H3/b12-11-. The Morgan fingerprint density at radius 1 is 0.789 bits per heavy atom. The zero-order chi connectivity index (χ0) is 13.7. The Morgan fingerprint density at radius 3 is 2.05 bits per heavy atom. The molecule has 0 saturated heterocycles. The molecule has 0 saturated carbocycles. The number of hydrogen-bond donors (Lipinski definition) is 0. The quantitative estimate of drug-likeness (QED) is 0.613. The van der Waals surface area contributed by atoms with E-state index < -0.39 is 0 Å². The molecular weight excluding hydrogens is 236 g/mol. The van der Waals surface area contributed by atoms with Crippen LogP contribution in [-0.4, -0.2) is 11.6 Å². The van der Waals surface area contributed by atoms with Gasteiger partial charge >= 0.3 is 0 Å². The highest BCUT2D eigenvalue weighted by atomic mass is 16.1. The molecule has 0 aliphatic rings. The van der Waals surface area contributed by atoms with Gasteiger partial charge < -0.3 is 0 Å². The summed E-state index contributed by atoms with van der Waals surface area (Å²) in [5, 5.41) is 0. The van der Waals surface area contributed by atoms with Crippen molar-refractivity contribution in [1.29, 1.82) is 0 Å². The SMILES string of the molecule is Cc1ccccc1C(=O)/C=C\C(=O)c1ccccc1. The van der Waals surface area contributed by atoms with Crippen LogP contribution in [0.4, 0.5) is 0 Å². The second-order valence-electron chi connectivity index (χ2n) is 4.24. The topological polar surface area (TPSA) is 34.1 Å². The van der Waals surface area contributed by atoms with Crippen molar-refractivity contribution in [2.24, 2.45) is 0 Å². The zero-order valence-corrected chi connectivity index (χ0v) is 10.7. The van der Waals surface area contributed by atoms with Crippen molar-refractivity contribution < 1.29 is 9.59 Å². The van der Waals surface area contributed by atoms with E-state index in [1.54, 1.807) is 30.3 Å². The average molecular weight is 250 g/mol. The lowest BCUT2D eigenvalue weighted by Crippen LogP contribution is -2.00. The summed E-state index contributed by atoms with van der Waals surface area (Å²) in [6.07, 6.45) is 2.65. The molecule has 0 bridgehead atoms. The molecule has 0 aliphatic heterocycles. The summed E-state index contributed by atoms with van der Waals surface area (Å²) >= 11 is 0. The van der Waals surface area contributed by atoms with Crippen LogP contribution >= 0.6 is 0 Å². The molecular formula is C17H14O2. The van der Waals surface area contributed by atoms with Crippen LogP contribution in [0.1, 0.15) is 26.3 Å². The Labute approximate surface area is 112 Å². The molecule has 0 aromatic heterocycles. The van der Waals surface area contributed by atoms with Crippen LogP contribution < -0.4 is 0 Å². The van der Waals surface area contributed by atoms with Crippen molar-refractivity contribution in [2.75, 3.05) is 0 Å². The summed E-state index contributed by atoms with van der Waals surface area (Å²) in [6.45, 7) is 1.88. The summed E-state index contributed by atoms with van der Waals surface area (Å²) in [5.74, 6) is -0.315. The molecule has 0 amide bonds. The largest absolute Gasteiger partial charge is 0.289 e. The number of aryl methyl sites for hydroxylation is 1. The summed E-state index contributed by atoms with van der Waals surface area (Å²) in [6, 6.07) is 16.2. The molecule has 2 nitrogen and oxygen atoms in total. The fourth-order valence-corrected chi connectivity index (χ4v) is 1.79.